The third-order valence-electron chi connectivity index (χ3n) is 4.13. The van der Waals surface area contributed by atoms with Crippen LogP contribution in [0.25, 0.3) is 0 Å². The summed E-state index contributed by atoms with van der Waals surface area (Å²) in [5, 5.41) is 3.39. The van der Waals surface area contributed by atoms with Crippen molar-refractivity contribution in [1.82, 2.24) is 9.97 Å². The molecule has 1 aromatic heterocycles. The number of nitrogens with one attached hydrogen (secondary N) is 1. The Bertz CT molecular complexity index is 802. The van der Waals surface area contributed by atoms with Gasteiger partial charge in [0.05, 0.1) is 0 Å². The summed E-state index contributed by atoms with van der Waals surface area (Å²) in [6.45, 7) is 6.73. The third kappa shape index (κ3) is 4.80. The number of hydrogen-bond donors (Lipinski definition) is 1. The lowest BCUT2D eigenvalue weighted by molar-refractivity contribution is 0.810. The van der Waals surface area contributed by atoms with Crippen LogP contribution in [0.4, 0.5) is 11.6 Å². The predicted octanol–water partition coefficient (Wildman–Crippen LogP) is 4.42. The number of benzene rings is 2. The zero-order valence-electron chi connectivity index (χ0n) is 14.8. The lowest BCUT2D eigenvalue weighted by atomic mass is 10.1. The molecule has 128 valence electrons. The fourth-order valence-corrected chi connectivity index (χ4v) is 2.79. The van der Waals surface area contributed by atoms with Gasteiger partial charge < -0.3 is 10.2 Å². The van der Waals surface area contributed by atoms with Crippen LogP contribution in [0.2, 0.25) is 0 Å². The van der Waals surface area contributed by atoms with Crippen molar-refractivity contribution in [1.29, 1.82) is 0 Å². The van der Waals surface area contributed by atoms with Crippen LogP contribution in [0.15, 0.2) is 67.0 Å². The van der Waals surface area contributed by atoms with E-state index in [1.807, 2.05) is 12.1 Å². The molecule has 4 nitrogen and oxygen atoms in total. The molecule has 0 saturated carbocycles. The maximum Gasteiger partial charge on any atom is 0.134 e. The number of aryl methyl sites for hydroxylation is 1. The van der Waals surface area contributed by atoms with Crippen molar-refractivity contribution in [3.63, 3.8) is 0 Å². The molecule has 0 spiro atoms. The molecule has 3 aromatic rings. The van der Waals surface area contributed by atoms with Gasteiger partial charge in [0.2, 0.25) is 0 Å². The number of aromatic nitrogens is 2. The summed E-state index contributed by atoms with van der Waals surface area (Å²) < 4.78 is 0. The lowest BCUT2D eigenvalue weighted by Crippen LogP contribution is -2.23. The molecule has 0 atom stereocenters. The highest BCUT2D eigenvalue weighted by atomic mass is 15.2. The summed E-state index contributed by atoms with van der Waals surface area (Å²) in [6, 6.07) is 21.0. The van der Waals surface area contributed by atoms with Gasteiger partial charge in [-0.15, -0.1) is 0 Å². The molecular weight excluding hydrogens is 308 g/mol. The van der Waals surface area contributed by atoms with Gasteiger partial charge in [-0.1, -0.05) is 60.2 Å². The van der Waals surface area contributed by atoms with E-state index in [2.05, 4.69) is 82.6 Å². The van der Waals surface area contributed by atoms with E-state index < -0.39 is 0 Å². The highest BCUT2D eigenvalue weighted by Crippen LogP contribution is 2.17. The summed E-state index contributed by atoms with van der Waals surface area (Å²) in [6.07, 6.45) is 1.63. The molecule has 0 unspecified atom stereocenters. The zero-order valence-corrected chi connectivity index (χ0v) is 14.8. The van der Waals surface area contributed by atoms with Crippen LogP contribution in [-0.4, -0.2) is 16.5 Å². The standard InChI is InChI=1S/C21H24N4/c1-3-25(15-18-9-5-4-6-10-18)21-13-20(23-16-24-21)22-14-19-11-7-8-17(2)12-19/h4-13,16H,3,14-15H2,1-2H3,(H,22,23,24). The SMILES string of the molecule is CCN(Cc1ccccc1)c1cc(NCc2cccc(C)c2)ncn1. The second kappa shape index (κ2) is 8.29. The second-order valence-electron chi connectivity index (χ2n) is 6.10. The van der Waals surface area contributed by atoms with Gasteiger partial charge in [-0.05, 0) is 25.0 Å². The number of rotatable bonds is 7. The molecule has 0 aliphatic rings. The van der Waals surface area contributed by atoms with Gasteiger partial charge >= 0.3 is 0 Å². The van der Waals surface area contributed by atoms with E-state index in [9.17, 15) is 0 Å². The van der Waals surface area contributed by atoms with Crippen LogP contribution in [0.1, 0.15) is 23.6 Å². The first-order valence-electron chi connectivity index (χ1n) is 8.65. The molecule has 3 rings (SSSR count). The first kappa shape index (κ1) is 17.0. The van der Waals surface area contributed by atoms with Crippen molar-refractivity contribution in [2.24, 2.45) is 0 Å². The molecule has 0 fully saturated rings. The zero-order chi connectivity index (χ0) is 17.5. The number of anilines is 2. The molecule has 0 radical (unpaired) electrons. The first-order valence-corrected chi connectivity index (χ1v) is 8.65. The van der Waals surface area contributed by atoms with Gasteiger partial charge in [-0.3, -0.25) is 0 Å². The van der Waals surface area contributed by atoms with Gasteiger partial charge in [0, 0.05) is 25.7 Å². The molecule has 1 N–H and O–H groups in total. The quantitative estimate of drug-likeness (QED) is 0.695. The summed E-state index contributed by atoms with van der Waals surface area (Å²) in [5.74, 6) is 1.78. The molecule has 4 heteroatoms. The maximum atomic E-state index is 4.45. The number of nitrogens with zero attached hydrogens (tertiary/aromatic N) is 3. The van der Waals surface area contributed by atoms with Crippen molar-refractivity contribution in [3.8, 4) is 0 Å². The molecule has 0 amide bonds. The van der Waals surface area contributed by atoms with Crippen LogP contribution < -0.4 is 10.2 Å². The Morgan fingerprint density at radius 1 is 0.920 bits per heavy atom. The molecule has 0 aliphatic heterocycles. The summed E-state index contributed by atoms with van der Waals surface area (Å²) >= 11 is 0. The Kier molecular flexibility index (Phi) is 5.62. The molecule has 25 heavy (non-hydrogen) atoms. The molecule has 0 bridgehead atoms. The van der Waals surface area contributed by atoms with Crippen molar-refractivity contribution < 1.29 is 0 Å². The minimum Gasteiger partial charge on any atom is -0.366 e. The van der Waals surface area contributed by atoms with Gasteiger partial charge in [0.25, 0.3) is 0 Å². The Hall–Kier alpha value is -2.88. The lowest BCUT2D eigenvalue weighted by Gasteiger charge is -2.22. The summed E-state index contributed by atoms with van der Waals surface area (Å²) in [5.41, 5.74) is 3.79. The average molecular weight is 332 g/mol. The molecular formula is C21H24N4. The largest absolute Gasteiger partial charge is 0.366 e. The fraction of sp³-hybridized carbons (Fsp3) is 0.238. The minimum absolute atomic E-state index is 0.753. The maximum absolute atomic E-state index is 4.45. The van der Waals surface area contributed by atoms with E-state index in [-0.39, 0.29) is 0 Å². The second-order valence-corrected chi connectivity index (χ2v) is 6.10. The van der Waals surface area contributed by atoms with E-state index in [1.165, 1.54) is 16.7 Å². The molecule has 2 aromatic carbocycles. The smallest absolute Gasteiger partial charge is 0.134 e. The van der Waals surface area contributed by atoms with E-state index in [1.54, 1.807) is 6.33 Å². The molecule has 0 saturated heterocycles. The van der Waals surface area contributed by atoms with Crippen LogP contribution in [0, 0.1) is 6.92 Å². The van der Waals surface area contributed by atoms with E-state index in [4.69, 9.17) is 0 Å². The molecule has 1 heterocycles. The monoisotopic (exact) mass is 332 g/mol. The minimum atomic E-state index is 0.753. The topological polar surface area (TPSA) is 41.0 Å². The van der Waals surface area contributed by atoms with Gasteiger partial charge in [-0.25, -0.2) is 9.97 Å². The van der Waals surface area contributed by atoms with Crippen molar-refractivity contribution in [3.05, 3.63) is 83.7 Å². The normalized spacial score (nSPS) is 10.5. The van der Waals surface area contributed by atoms with Crippen molar-refractivity contribution in [2.45, 2.75) is 26.9 Å². The third-order valence-corrected chi connectivity index (χ3v) is 4.13. The first-order chi connectivity index (χ1) is 12.2. The highest BCUT2D eigenvalue weighted by molar-refractivity contribution is 5.49. The molecule has 0 aliphatic carbocycles. The van der Waals surface area contributed by atoms with Crippen molar-refractivity contribution >= 4 is 11.6 Å². The summed E-state index contributed by atoms with van der Waals surface area (Å²) in [7, 11) is 0. The highest BCUT2D eigenvalue weighted by Gasteiger charge is 2.08. The Balaban J connectivity index is 1.69. The number of hydrogen-bond acceptors (Lipinski definition) is 4. The van der Waals surface area contributed by atoms with E-state index in [0.29, 0.717) is 0 Å². The van der Waals surface area contributed by atoms with Gasteiger partial charge in [-0.2, -0.15) is 0 Å². The van der Waals surface area contributed by atoms with Crippen molar-refractivity contribution in [2.75, 3.05) is 16.8 Å². The van der Waals surface area contributed by atoms with E-state index in [0.717, 1.165) is 31.3 Å². The van der Waals surface area contributed by atoms with Gasteiger partial charge in [0.1, 0.15) is 18.0 Å². The van der Waals surface area contributed by atoms with E-state index >= 15 is 0 Å². The fourth-order valence-electron chi connectivity index (χ4n) is 2.79. The van der Waals surface area contributed by atoms with Crippen LogP contribution in [0.5, 0.6) is 0 Å². The Morgan fingerprint density at radius 3 is 2.48 bits per heavy atom. The Labute approximate surface area is 149 Å². The van der Waals surface area contributed by atoms with Gasteiger partial charge in [0.15, 0.2) is 0 Å². The van der Waals surface area contributed by atoms with Crippen LogP contribution in [-0.2, 0) is 13.1 Å². The average Bonchev–Trinajstić information content (AvgIpc) is 2.65. The predicted molar refractivity (Wildman–Crippen MR) is 104 cm³/mol. The van der Waals surface area contributed by atoms with Crippen LogP contribution >= 0.6 is 0 Å². The summed E-state index contributed by atoms with van der Waals surface area (Å²) in [4.78, 5) is 11.0. The Morgan fingerprint density at radius 2 is 1.72 bits per heavy atom. The van der Waals surface area contributed by atoms with Crippen LogP contribution in [0.3, 0.4) is 0 Å².